The zero-order chi connectivity index (χ0) is 10.2. The second kappa shape index (κ2) is 3.64. The van der Waals surface area contributed by atoms with Gasteiger partial charge in [-0.3, -0.25) is 0 Å². The van der Waals surface area contributed by atoms with Crippen LogP contribution in [0.2, 0.25) is 10.0 Å². The predicted octanol–water partition coefficient (Wildman–Crippen LogP) is 3.32. The van der Waals surface area contributed by atoms with Gasteiger partial charge in [-0.25, -0.2) is 13.2 Å². The molecule has 0 aromatic heterocycles. The molecule has 6 heteroatoms. The number of alkyl halides is 1. The average molecular weight is 230 g/mol. The summed E-state index contributed by atoms with van der Waals surface area (Å²) in [5, 5.41) is -0.998. The highest BCUT2D eigenvalue weighted by Crippen LogP contribution is 2.35. The molecule has 1 aromatic rings. The Morgan fingerprint density at radius 1 is 1.08 bits per heavy atom. The number of anilines is 1. The Morgan fingerprint density at radius 3 is 2.08 bits per heavy atom. The van der Waals surface area contributed by atoms with E-state index in [0.29, 0.717) is 0 Å². The van der Waals surface area contributed by atoms with E-state index >= 15 is 0 Å². The highest BCUT2D eigenvalue weighted by atomic mass is 35.5. The van der Waals surface area contributed by atoms with Gasteiger partial charge >= 0.3 is 0 Å². The van der Waals surface area contributed by atoms with Gasteiger partial charge in [0.2, 0.25) is 0 Å². The minimum absolute atomic E-state index is 0.436. The summed E-state index contributed by atoms with van der Waals surface area (Å²) in [5.74, 6) is -2.41. The van der Waals surface area contributed by atoms with E-state index in [2.05, 4.69) is 0 Å². The van der Waals surface area contributed by atoms with E-state index in [4.69, 9.17) is 28.9 Å². The lowest BCUT2D eigenvalue weighted by molar-refractivity contribution is 0.441. The molecule has 0 fully saturated rings. The fourth-order valence-corrected chi connectivity index (χ4v) is 1.20. The number of hydrogen-bond donors (Lipinski definition) is 1. The SMILES string of the molecule is Nc1c(F)c(CF)c(F)c(Cl)c1Cl. The topological polar surface area (TPSA) is 26.0 Å². The number of nitrogens with two attached hydrogens (primary N) is 1. The van der Waals surface area contributed by atoms with E-state index in [1.165, 1.54) is 0 Å². The van der Waals surface area contributed by atoms with Crippen LogP contribution in [0.15, 0.2) is 0 Å². The molecule has 0 amide bonds. The maximum Gasteiger partial charge on any atom is 0.156 e. The summed E-state index contributed by atoms with van der Waals surface area (Å²) in [6.45, 7) is -1.32. The minimum Gasteiger partial charge on any atom is -0.395 e. The zero-order valence-electron chi connectivity index (χ0n) is 6.17. The van der Waals surface area contributed by atoms with E-state index in [-0.39, 0.29) is 0 Å². The van der Waals surface area contributed by atoms with E-state index < -0.39 is 39.6 Å². The summed E-state index contributed by atoms with van der Waals surface area (Å²) < 4.78 is 38.0. The van der Waals surface area contributed by atoms with Gasteiger partial charge in [-0.1, -0.05) is 23.2 Å². The summed E-state index contributed by atoms with van der Waals surface area (Å²) in [4.78, 5) is 0. The highest BCUT2D eigenvalue weighted by molar-refractivity contribution is 6.43. The van der Waals surface area contributed by atoms with Gasteiger partial charge in [0.05, 0.1) is 21.3 Å². The van der Waals surface area contributed by atoms with Crippen molar-refractivity contribution in [2.45, 2.75) is 6.67 Å². The molecule has 72 valence electrons. The third kappa shape index (κ3) is 1.56. The number of hydrogen-bond acceptors (Lipinski definition) is 1. The van der Waals surface area contributed by atoms with Crippen LogP contribution in [0.3, 0.4) is 0 Å². The fraction of sp³-hybridized carbons (Fsp3) is 0.143. The number of rotatable bonds is 1. The molecule has 0 aliphatic carbocycles. The predicted molar refractivity (Wildman–Crippen MR) is 45.6 cm³/mol. The first kappa shape index (κ1) is 10.5. The fourth-order valence-electron chi connectivity index (χ4n) is 0.820. The van der Waals surface area contributed by atoms with Crippen molar-refractivity contribution in [3.8, 4) is 0 Å². The van der Waals surface area contributed by atoms with Crippen LogP contribution in [0.1, 0.15) is 5.56 Å². The van der Waals surface area contributed by atoms with Gasteiger partial charge in [0.25, 0.3) is 0 Å². The number of halogens is 5. The van der Waals surface area contributed by atoms with Crippen molar-refractivity contribution in [2.24, 2.45) is 0 Å². The largest absolute Gasteiger partial charge is 0.395 e. The van der Waals surface area contributed by atoms with Crippen LogP contribution in [-0.2, 0) is 6.67 Å². The van der Waals surface area contributed by atoms with Gasteiger partial charge in [0.1, 0.15) is 6.67 Å². The Morgan fingerprint density at radius 2 is 1.62 bits per heavy atom. The molecule has 0 aliphatic rings. The van der Waals surface area contributed by atoms with Gasteiger partial charge in [0.15, 0.2) is 11.6 Å². The Hall–Kier alpha value is -0.610. The molecule has 13 heavy (non-hydrogen) atoms. The van der Waals surface area contributed by atoms with Gasteiger partial charge in [-0.05, 0) is 0 Å². The molecule has 0 atom stereocenters. The normalized spacial score (nSPS) is 10.5. The van der Waals surface area contributed by atoms with E-state index in [1.54, 1.807) is 0 Å². The van der Waals surface area contributed by atoms with Crippen molar-refractivity contribution in [3.05, 3.63) is 27.2 Å². The maximum atomic E-state index is 13.0. The van der Waals surface area contributed by atoms with Crippen molar-refractivity contribution in [1.29, 1.82) is 0 Å². The van der Waals surface area contributed by atoms with Gasteiger partial charge in [-0.2, -0.15) is 0 Å². The van der Waals surface area contributed by atoms with E-state index in [0.717, 1.165) is 0 Å². The number of nitrogen functional groups attached to an aromatic ring is 1. The molecular weight excluding hydrogens is 226 g/mol. The molecule has 2 N–H and O–H groups in total. The standard InChI is InChI=1S/C7H4Cl2F3N/c8-3-4(9)7(13)6(12)2(1-10)5(3)11/h1,13H2. The second-order valence-electron chi connectivity index (χ2n) is 2.28. The first-order valence-electron chi connectivity index (χ1n) is 3.17. The minimum atomic E-state index is -1.32. The van der Waals surface area contributed by atoms with Crippen LogP contribution in [0.4, 0.5) is 18.9 Å². The number of benzene rings is 1. The Bertz CT molecular complexity index is 325. The summed E-state index contributed by atoms with van der Waals surface area (Å²) in [6, 6.07) is 0. The highest BCUT2D eigenvalue weighted by Gasteiger charge is 2.20. The molecule has 1 nitrogen and oxygen atoms in total. The van der Waals surface area contributed by atoms with Gasteiger partial charge in [-0.15, -0.1) is 0 Å². The molecule has 0 unspecified atom stereocenters. The first-order chi connectivity index (χ1) is 6.00. The van der Waals surface area contributed by atoms with Crippen LogP contribution in [-0.4, -0.2) is 0 Å². The van der Waals surface area contributed by atoms with Crippen molar-refractivity contribution >= 4 is 28.9 Å². The molecule has 0 aliphatic heterocycles. The van der Waals surface area contributed by atoms with Crippen LogP contribution in [0.5, 0.6) is 0 Å². The third-order valence-electron chi connectivity index (χ3n) is 1.52. The van der Waals surface area contributed by atoms with Crippen molar-refractivity contribution in [2.75, 3.05) is 5.73 Å². The van der Waals surface area contributed by atoms with Crippen LogP contribution in [0.25, 0.3) is 0 Å². The summed E-state index contributed by atoms with van der Waals surface area (Å²) in [7, 11) is 0. The molecule has 1 aromatic carbocycles. The van der Waals surface area contributed by atoms with Gasteiger partial charge in [0, 0.05) is 0 Å². The Labute approximate surface area is 82.2 Å². The molecule has 1 rings (SSSR count). The Kier molecular flexibility index (Phi) is 2.93. The molecule has 0 radical (unpaired) electrons. The van der Waals surface area contributed by atoms with Gasteiger partial charge < -0.3 is 5.73 Å². The second-order valence-corrected chi connectivity index (χ2v) is 3.04. The molecule has 0 saturated carbocycles. The van der Waals surface area contributed by atoms with Crippen LogP contribution in [0, 0.1) is 11.6 Å². The van der Waals surface area contributed by atoms with Crippen LogP contribution < -0.4 is 5.73 Å². The van der Waals surface area contributed by atoms with E-state index in [1.807, 2.05) is 0 Å². The van der Waals surface area contributed by atoms with Crippen molar-refractivity contribution in [3.63, 3.8) is 0 Å². The lowest BCUT2D eigenvalue weighted by Crippen LogP contribution is -2.01. The van der Waals surface area contributed by atoms with E-state index in [9.17, 15) is 13.2 Å². The summed E-state index contributed by atoms with van der Waals surface area (Å²) in [6.07, 6.45) is 0. The smallest absolute Gasteiger partial charge is 0.156 e. The maximum absolute atomic E-state index is 13.0. The summed E-state index contributed by atoms with van der Waals surface area (Å²) in [5.41, 5.74) is 3.76. The molecule has 0 heterocycles. The summed E-state index contributed by atoms with van der Waals surface area (Å²) >= 11 is 10.7. The molecule has 0 saturated heterocycles. The van der Waals surface area contributed by atoms with Crippen LogP contribution >= 0.6 is 23.2 Å². The molecular formula is C7H4Cl2F3N. The lowest BCUT2D eigenvalue weighted by Gasteiger charge is -2.07. The lowest BCUT2D eigenvalue weighted by atomic mass is 10.2. The monoisotopic (exact) mass is 229 g/mol. The molecule has 0 bridgehead atoms. The third-order valence-corrected chi connectivity index (χ3v) is 2.37. The quantitative estimate of drug-likeness (QED) is 0.447. The Balaban J connectivity index is 3.56. The van der Waals surface area contributed by atoms with Crippen molar-refractivity contribution in [1.82, 2.24) is 0 Å². The zero-order valence-corrected chi connectivity index (χ0v) is 7.69. The van der Waals surface area contributed by atoms with Crippen molar-refractivity contribution < 1.29 is 13.2 Å². The first-order valence-corrected chi connectivity index (χ1v) is 3.92. The molecule has 0 spiro atoms. The average Bonchev–Trinajstić information content (AvgIpc) is 2.13.